The zero-order chi connectivity index (χ0) is 20.5. The minimum absolute atomic E-state index is 0.0314. The molecule has 4 aromatic rings. The lowest BCUT2D eigenvalue weighted by atomic mass is 10.1. The molecule has 0 atom stereocenters. The topological polar surface area (TPSA) is 106 Å². The van der Waals surface area contributed by atoms with Gasteiger partial charge in [-0.15, -0.1) is 0 Å². The molecule has 29 heavy (non-hydrogen) atoms. The molecule has 0 saturated carbocycles. The summed E-state index contributed by atoms with van der Waals surface area (Å²) >= 11 is 4.72. The minimum atomic E-state index is -0.431. The zero-order valence-electron chi connectivity index (χ0n) is 15.1. The summed E-state index contributed by atoms with van der Waals surface area (Å²) in [6, 6.07) is 14.1. The van der Waals surface area contributed by atoms with Crippen molar-refractivity contribution >= 4 is 39.0 Å². The van der Waals surface area contributed by atoms with E-state index in [1.807, 2.05) is 31.2 Å². The van der Waals surface area contributed by atoms with Gasteiger partial charge in [0.2, 0.25) is 0 Å². The van der Waals surface area contributed by atoms with Gasteiger partial charge in [-0.05, 0) is 30.2 Å². The van der Waals surface area contributed by atoms with Crippen molar-refractivity contribution in [2.45, 2.75) is 17.8 Å². The van der Waals surface area contributed by atoms with Crippen LogP contribution in [0.3, 0.4) is 0 Å². The molecule has 146 valence electrons. The van der Waals surface area contributed by atoms with Gasteiger partial charge in [-0.2, -0.15) is 9.61 Å². The number of hydrogen-bond acceptors (Lipinski definition) is 6. The Hall–Kier alpha value is -2.98. The van der Waals surface area contributed by atoms with Crippen molar-refractivity contribution in [2.75, 3.05) is 0 Å². The van der Waals surface area contributed by atoms with Crippen molar-refractivity contribution in [3.05, 3.63) is 84.9 Å². The van der Waals surface area contributed by atoms with Gasteiger partial charge >= 0.3 is 5.69 Å². The van der Waals surface area contributed by atoms with Crippen molar-refractivity contribution in [1.82, 2.24) is 19.6 Å². The molecule has 8 nitrogen and oxygen atoms in total. The number of non-ortho nitro benzene ring substituents is 1. The van der Waals surface area contributed by atoms with Crippen LogP contribution in [0.15, 0.2) is 63.0 Å². The molecule has 0 unspecified atom stereocenters. The first-order valence-corrected chi connectivity index (χ1v) is 10.3. The van der Waals surface area contributed by atoms with Gasteiger partial charge in [0.1, 0.15) is 0 Å². The maximum atomic E-state index is 12.5. The average molecular weight is 472 g/mol. The van der Waals surface area contributed by atoms with E-state index in [0.29, 0.717) is 22.3 Å². The Balaban J connectivity index is 1.70. The summed E-state index contributed by atoms with van der Waals surface area (Å²) in [6.45, 7) is 1.83. The number of aryl methyl sites for hydroxylation is 1. The molecule has 0 spiro atoms. The highest BCUT2D eigenvalue weighted by atomic mass is 79.9. The van der Waals surface area contributed by atoms with Crippen LogP contribution < -0.4 is 5.69 Å². The van der Waals surface area contributed by atoms with E-state index in [1.165, 1.54) is 28.4 Å². The molecule has 0 aliphatic rings. The molecular weight excluding hydrogens is 458 g/mol. The second kappa shape index (κ2) is 7.80. The van der Waals surface area contributed by atoms with E-state index >= 15 is 0 Å². The maximum Gasteiger partial charge on any atom is 0.350 e. The lowest BCUT2D eigenvalue weighted by Gasteiger charge is -2.04. The fraction of sp³-hybridized carbons (Fsp3) is 0.105. The molecule has 2 heterocycles. The molecule has 10 heteroatoms. The van der Waals surface area contributed by atoms with E-state index in [0.717, 1.165) is 21.2 Å². The summed E-state index contributed by atoms with van der Waals surface area (Å²) in [4.78, 5) is 30.3. The number of H-pyrrole nitrogens is 1. The van der Waals surface area contributed by atoms with Crippen LogP contribution in [-0.2, 0) is 5.75 Å². The van der Waals surface area contributed by atoms with E-state index < -0.39 is 4.92 Å². The van der Waals surface area contributed by atoms with Crippen molar-refractivity contribution in [1.29, 1.82) is 0 Å². The van der Waals surface area contributed by atoms with Gasteiger partial charge in [0.05, 0.1) is 10.6 Å². The Labute approximate surface area is 177 Å². The van der Waals surface area contributed by atoms with E-state index in [1.54, 1.807) is 12.1 Å². The summed E-state index contributed by atoms with van der Waals surface area (Å²) in [5.74, 6) is 0.432. The van der Waals surface area contributed by atoms with Crippen molar-refractivity contribution in [2.24, 2.45) is 0 Å². The van der Waals surface area contributed by atoms with E-state index in [9.17, 15) is 14.9 Å². The Morgan fingerprint density at radius 2 is 2.00 bits per heavy atom. The fourth-order valence-electron chi connectivity index (χ4n) is 2.96. The number of thioether (sulfide) groups is 1. The number of aromatic nitrogens is 4. The summed E-state index contributed by atoms with van der Waals surface area (Å²) in [7, 11) is 0. The van der Waals surface area contributed by atoms with E-state index in [-0.39, 0.29) is 11.4 Å². The number of aromatic amines is 1. The monoisotopic (exact) mass is 471 g/mol. The van der Waals surface area contributed by atoms with Crippen LogP contribution in [0.25, 0.3) is 16.8 Å². The van der Waals surface area contributed by atoms with E-state index in [2.05, 4.69) is 31.0 Å². The molecule has 0 radical (unpaired) electrons. The molecule has 1 N–H and O–H groups in total. The lowest BCUT2D eigenvalue weighted by molar-refractivity contribution is -0.384. The number of rotatable bonds is 5. The third kappa shape index (κ3) is 3.94. The largest absolute Gasteiger partial charge is 0.350 e. The van der Waals surface area contributed by atoms with Crippen LogP contribution in [0.1, 0.15) is 11.3 Å². The van der Waals surface area contributed by atoms with E-state index in [4.69, 9.17) is 0 Å². The maximum absolute atomic E-state index is 12.5. The Bertz CT molecular complexity index is 1280. The van der Waals surface area contributed by atoms with Crippen molar-refractivity contribution in [3.8, 4) is 11.1 Å². The van der Waals surface area contributed by atoms with Crippen molar-refractivity contribution < 1.29 is 4.92 Å². The van der Waals surface area contributed by atoms with Crippen LogP contribution in [0.2, 0.25) is 0 Å². The number of nitrogens with one attached hydrogen (secondary N) is 1. The number of nitro groups is 1. The summed E-state index contributed by atoms with van der Waals surface area (Å²) < 4.78 is 2.21. The summed E-state index contributed by atoms with van der Waals surface area (Å²) in [5, 5.41) is 15.7. The van der Waals surface area contributed by atoms with Gasteiger partial charge in [-0.25, -0.2) is 9.78 Å². The molecule has 0 aliphatic carbocycles. The first kappa shape index (κ1) is 19.3. The summed E-state index contributed by atoms with van der Waals surface area (Å²) in [5.41, 5.74) is 3.28. The van der Waals surface area contributed by atoms with Gasteiger partial charge < -0.3 is 0 Å². The highest BCUT2D eigenvalue weighted by molar-refractivity contribution is 9.10. The Morgan fingerprint density at radius 1 is 1.24 bits per heavy atom. The van der Waals surface area contributed by atoms with Gasteiger partial charge in [0, 0.05) is 27.9 Å². The molecule has 0 aliphatic heterocycles. The molecule has 0 bridgehead atoms. The number of halogens is 1. The number of benzene rings is 2. The molecule has 2 aromatic carbocycles. The van der Waals surface area contributed by atoms with Crippen LogP contribution in [-0.4, -0.2) is 24.5 Å². The quantitative estimate of drug-likeness (QED) is 0.263. The molecule has 0 saturated heterocycles. The fourth-order valence-corrected chi connectivity index (χ4v) is 4.02. The van der Waals surface area contributed by atoms with Crippen LogP contribution >= 0.6 is 27.7 Å². The predicted octanol–water partition coefficient (Wildman–Crippen LogP) is 4.36. The molecule has 4 rings (SSSR count). The van der Waals surface area contributed by atoms with Crippen LogP contribution in [0.5, 0.6) is 0 Å². The highest BCUT2D eigenvalue weighted by Gasteiger charge is 2.16. The third-order valence-corrected chi connectivity index (χ3v) is 5.75. The Kier molecular flexibility index (Phi) is 5.20. The first-order chi connectivity index (χ1) is 13.9. The highest BCUT2D eigenvalue weighted by Crippen LogP contribution is 2.29. The standard InChI is InChI=1S/C19H14BrN5O3S/c1-11-16(13-5-7-14(20)8-6-13)17-21-18(22-19(26)24(17)23-11)29-10-12-3-2-4-15(9-12)25(27)28/h2-9H,10H2,1H3,(H,21,22,26). The zero-order valence-corrected chi connectivity index (χ0v) is 17.5. The third-order valence-electron chi connectivity index (χ3n) is 4.28. The predicted molar refractivity (Wildman–Crippen MR) is 114 cm³/mol. The van der Waals surface area contributed by atoms with Gasteiger partial charge in [-0.3, -0.25) is 15.1 Å². The van der Waals surface area contributed by atoms with Crippen LogP contribution in [0, 0.1) is 17.0 Å². The first-order valence-electron chi connectivity index (χ1n) is 8.54. The van der Waals surface area contributed by atoms with Crippen molar-refractivity contribution in [3.63, 3.8) is 0 Å². The van der Waals surface area contributed by atoms with Gasteiger partial charge in [0.25, 0.3) is 5.69 Å². The number of nitro benzene ring substituents is 1. The SMILES string of the molecule is Cc1nn2c(=O)[nH]c(SCc3cccc([N+](=O)[O-])c3)nc2c1-c1ccc(Br)cc1. The number of hydrogen-bond donors (Lipinski definition) is 1. The van der Waals surface area contributed by atoms with Gasteiger partial charge in [-0.1, -0.05) is 52.0 Å². The van der Waals surface area contributed by atoms with Gasteiger partial charge in [0.15, 0.2) is 10.8 Å². The average Bonchev–Trinajstić information content (AvgIpc) is 3.04. The molecular formula is C19H14BrN5O3S. The normalized spacial score (nSPS) is 11.1. The summed E-state index contributed by atoms with van der Waals surface area (Å²) in [6.07, 6.45) is 0. The second-order valence-electron chi connectivity index (χ2n) is 6.27. The smallest absolute Gasteiger partial charge is 0.285 e. The lowest BCUT2D eigenvalue weighted by Crippen LogP contribution is -2.19. The second-order valence-corrected chi connectivity index (χ2v) is 8.15. The molecule has 0 fully saturated rings. The minimum Gasteiger partial charge on any atom is -0.285 e. The number of nitrogens with zero attached hydrogens (tertiary/aromatic N) is 4. The molecule has 0 amide bonds. The number of fused-ring (bicyclic) bond motifs is 1. The Morgan fingerprint density at radius 3 is 2.72 bits per heavy atom. The molecule has 2 aromatic heterocycles. The van der Waals surface area contributed by atoms with Crippen LogP contribution in [0.4, 0.5) is 5.69 Å².